The van der Waals surface area contributed by atoms with Gasteiger partial charge in [-0.2, -0.15) is 0 Å². The average molecular weight is 375 g/mol. The lowest BCUT2D eigenvalue weighted by molar-refractivity contribution is 0.352. The Balaban J connectivity index is 1.64. The molecular formula is C19H21NO5S. The van der Waals surface area contributed by atoms with Crippen LogP contribution in [0.2, 0.25) is 0 Å². The van der Waals surface area contributed by atoms with Gasteiger partial charge >= 0.3 is 0 Å². The van der Waals surface area contributed by atoms with E-state index in [2.05, 4.69) is 4.72 Å². The predicted octanol–water partition coefficient (Wildman–Crippen LogP) is 2.35. The Hall–Kier alpha value is -2.25. The van der Waals surface area contributed by atoms with Crippen LogP contribution in [-0.2, 0) is 29.4 Å². The molecule has 0 atom stereocenters. The van der Waals surface area contributed by atoms with E-state index in [1.807, 2.05) is 6.07 Å². The molecule has 26 heavy (non-hydrogen) atoms. The van der Waals surface area contributed by atoms with E-state index in [9.17, 15) is 8.42 Å². The molecule has 2 aliphatic heterocycles. The Kier molecular flexibility index (Phi) is 4.28. The summed E-state index contributed by atoms with van der Waals surface area (Å²) < 4.78 is 44.9. The first-order valence-electron chi connectivity index (χ1n) is 8.57. The Labute approximate surface area is 153 Å². The second-order valence-electron chi connectivity index (χ2n) is 6.47. The van der Waals surface area contributed by atoms with Crippen LogP contribution in [0.3, 0.4) is 0 Å². The summed E-state index contributed by atoms with van der Waals surface area (Å²) in [4.78, 5) is 0.250. The molecule has 4 rings (SSSR count). The number of rotatable bonds is 5. The van der Waals surface area contributed by atoms with Gasteiger partial charge in [0.25, 0.3) is 0 Å². The van der Waals surface area contributed by atoms with Crippen molar-refractivity contribution in [1.29, 1.82) is 0 Å². The molecule has 0 spiro atoms. The largest absolute Gasteiger partial charge is 0.497 e. The molecular weight excluding hydrogens is 354 g/mol. The number of methoxy groups -OCH3 is 1. The van der Waals surface area contributed by atoms with Gasteiger partial charge in [0.1, 0.15) is 17.2 Å². The van der Waals surface area contributed by atoms with Crippen LogP contribution in [0.15, 0.2) is 29.2 Å². The zero-order chi connectivity index (χ0) is 18.3. The quantitative estimate of drug-likeness (QED) is 0.868. The highest BCUT2D eigenvalue weighted by molar-refractivity contribution is 7.89. The Morgan fingerprint density at radius 3 is 2.73 bits per heavy atom. The number of hydrogen-bond acceptors (Lipinski definition) is 5. The molecule has 138 valence electrons. The molecule has 0 saturated heterocycles. The fourth-order valence-corrected chi connectivity index (χ4v) is 4.79. The maximum Gasteiger partial charge on any atom is 0.241 e. The first kappa shape index (κ1) is 17.2. The summed E-state index contributed by atoms with van der Waals surface area (Å²) in [5.41, 5.74) is 3.66. The van der Waals surface area contributed by atoms with Crippen LogP contribution in [-0.4, -0.2) is 28.7 Å². The van der Waals surface area contributed by atoms with Gasteiger partial charge < -0.3 is 14.2 Å². The molecule has 0 radical (unpaired) electrons. The number of hydrogen-bond donors (Lipinski definition) is 1. The summed E-state index contributed by atoms with van der Waals surface area (Å²) in [7, 11) is -2.10. The van der Waals surface area contributed by atoms with Crippen molar-refractivity contribution in [2.24, 2.45) is 0 Å². The topological polar surface area (TPSA) is 73.9 Å². The fourth-order valence-electron chi connectivity index (χ4n) is 3.57. The van der Waals surface area contributed by atoms with Gasteiger partial charge in [-0.05, 0) is 36.8 Å². The normalized spacial score (nSPS) is 15.2. The van der Waals surface area contributed by atoms with Crippen LogP contribution in [0.25, 0.3) is 0 Å². The summed E-state index contributed by atoms with van der Waals surface area (Å²) >= 11 is 0. The molecule has 0 bridgehead atoms. The van der Waals surface area contributed by atoms with E-state index in [1.54, 1.807) is 32.2 Å². The fraction of sp³-hybridized carbons (Fsp3) is 0.368. The van der Waals surface area contributed by atoms with Crippen molar-refractivity contribution in [3.63, 3.8) is 0 Å². The van der Waals surface area contributed by atoms with E-state index in [0.717, 1.165) is 41.0 Å². The number of aryl methyl sites for hydroxylation is 1. The third-order valence-corrected chi connectivity index (χ3v) is 6.43. The predicted molar refractivity (Wildman–Crippen MR) is 96.6 cm³/mol. The van der Waals surface area contributed by atoms with E-state index in [4.69, 9.17) is 14.2 Å². The van der Waals surface area contributed by atoms with Crippen LogP contribution < -0.4 is 18.9 Å². The van der Waals surface area contributed by atoms with Gasteiger partial charge in [-0.3, -0.25) is 0 Å². The summed E-state index contributed by atoms with van der Waals surface area (Å²) in [6.45, 7) is 3.18. The highest BCUT2D eigenvalue weighted by Crippen LogP contribution is 2.40. The molecule has 0 unspecified atom stereocenters. The van der Waals surface area contributed by atoms with Gasteiger partial charge in [-0.15, -0.1) is 0 Å². The summed E-state index contributed by atoms with van der Waals surface area (Å²) in [6, 6.07) is 6.95. The van der Waals surface area contributed by atoms with E-state index < -0.39 is 10.0 Å². The van der Waals surface area contributed by atoms with Gasteiger partial charge in [0.2, 0.25) is 10.0 Å². The molecule has 0 fully saturated rings. The van der Waals surface area contributed by atoms with Gasteiger partial charge in [0.15, 0.2) is 0 Å². The van der Waals surface area contributed by atoms with E-state index in [1.165, 1.54) is 0 Å². The average Bonchev–Trinajstić information content (AvgIpc) is 3.26. The minimum Gasteiger partial charge on any atom is -0.497 e. The first-order valence-corrected chi connectivity index (χ1v) is 10.1. The maximum absolute atomic E-state index is 12.8. The lowest BCUT2D eigenvalue weighted by Gasteiger charge is -2.15. The van der Waals surface area contributed by atoms with E-state index in [0.29, 0.717) is 24.5 Å². The molecule has 7 heteroatoms. The van der Waals surface area contributed by atoms with Crippen molar-refractivity contribution in [2.75, 3.05) is 20.3 Å². The molecule has 0 aliphatic carbocycles. The molecule has 1 N–H and O–H groups in total. The molecule has 0 amide bonds. The highest BCUT2D eigenvalue weighted by atomic mass is 32.2. The number of benzene rings is 2. The zero-order valence-electron chi connectivity index (χ0n) is 14.8. The van der Waals surface area contributed by atoms with Crippen LogP contribution in [0.4, 0.5) is 0 Å². The van der Waals surface area contributed by atoms with Gasteiger partial charge in [-0.25, -0.2) is 13.1 Å². The highest BCUT2D eigenvalue weighted by Gasteiger charge is 2.27. The standard InChI is InChI=1S/C19H21NO5S/c1-12-9-14(23-2)3-4-18(12)26(21,22)20-11-16-15-6-8-24-17(15)10-13-5-7-25-19(13)16/h3-4,9-10,20H,5-8,11H2,1-2H3. The van der Waals surface area contributed by atoms with Gasteiger partial charge in [-0.1, -0.05) is 0 Å². The minimum atomic E-state index is -3.65. The molecule has 2 aliphatic rings. The minimum absolute atomic E-state index is 0.183. The van der Waals surface area contributed by atoms with Crippen LogP contribution >= 0.6 is 0 Å². The third kappa shape index (κ3) is 2.91. The van der Waals surface area contributed by atoms with Crippen LogP contribution in [0.1, 0.15) is 22.3 Å². The van der Waals surface area contributed by atoms with Crippen LogP contribution in [0.5, 0.6) is 17.2 Å². The molecule has 2 aromatic carbocycles. The van der Waals surface area contributed by atoms with Crippen molar-refractivity contribution in [3.8, 4) is 17.2 Å². The second kappa shape index (κ2) is 6.48. The Bertz CT molecular complexity index is 936. The monoisotopic (exact) mass is 375 g/mol. The first-order chi connectivity index (χ1) is 12.5. The van der Waals surface area contributed by atoms with E-state index >= 15 is 0 Å². The van der Waals surface area contributed by atoms with Gasteiger partial charge in [0.05, 0.1) is 25.2 Å². The third-order valence-electron chi connectivity index (χ3n) is 4.87. The number of nitrogens with one attached hydrogen (secondary N) is 1. The molecule has 0 saturated carbocycles. The summed E-state index contributed by atoms with van der Waals surface area (Å²) in [6.07, 6.45) is 1.59. The molecule has 0 aromatic heterocycles. The Morgan fingerprint density at radius 2 is 1.96 bits per heavy atom. The number of sulfonamides is 1. The van der Waals surface area contributed by atoms with Crippen molar-refractivity contribution < 1.29 is 22.6 Å². The smallest absolute Gasteiger partial charge is 0.241 e. The SMILES string of the molecule is COc1ccc(S(=O)(=O)NCc2c3c(cc4c2OCC4)OCC3)c(C)c1. The molecule has 6 nitrogen and oxygen atoms in total. The van der Waals surface area contributed by atoms with Crippen molar-refractivity contribution in [2.45, 2.75) is 31.2 Å². The lowest BCUT2D eigenvalue weighted by Crippen LogP contribution is -2.24. The lowest BCUT2D eigenvalue weighted by atomic mass is 10.00. The van der Waals surface area contributed by atoms with E-state index in [-0.39, 0.29) is 11.4 Å². The number of ether oxygens (including phenoxy) is 3. The molecule has 2 aromatic rings. The van der Waals surface area contributed by atoms with Crippen LogP contribution in [0, 0.1) is 6.92 Å². The zero-order valence-corrected chi connectivity index (χ0v) is 15.6. The van der Waals surface area contributed by atoms with Gasteiger partial charge in [0, 0.05) is 36.1 Å². The van der Waals surface area contributed by atoms with Crippen molar-refractivity contribution in [1.82, 2.24) is 4.72 Å². The maximum atomic E-state index is 12.8. The Morgan fingerprint density at radius 1 is 1.15 bits per heavy atom. The molecule has 2 heterocycles. The second-order valence-corrected chi connectivity index (χ2v) is 8.21. The summed E-state index contributed by atoms with van der Waals surface area (Å²) in [5, 5.41) is 0. The van der Waals surface area contributed by atoms with Crippen molar-refractivity contribution >= 4 is 10.0 Å². The summed E-state index contributed by atoms with van der Waals surface area (Å²) in [5.74, 6) is 2.29. The number of fused-ring (bicyclic) bond motifs is 2. The van der Waals surface area contributed by atoms with Crippen molar-refractivity contribution in [3.05, 3.63) is 46.5 Å².